The summed E-state index contributed by atoms with van der Waals surface area (Å²) in [7, 11) is 4.08. The van der Waals surface area contributed by atoms with Crippen LogP contribution in [0.4, 0.5) is 0 Å². The van der Waals surface area contributed by atoms with Crippen LogP contribution in [0.25, 0.3) is 0 Å². The van der Waals surface area contributed by atoms with Crippen molar-refractivity contribution < 1.29 is 0 Å². The molecule has 0 aromatic rings. The molecule has 0 amide bonds. The SMILES string of the molecule is CCCCCCCCCCCCCCCCCCCCCCC=C[P]. The van der Waals surface area contributed by atoms with Gasteiger partial charge in [-0.1, -0.05) is 141 Å². The number of hydrogen-bond donors (Lipinski definition) is 0. The molecule has 148 valence electrons. The second-order valence-corrected chi connectivity index (χ2v) is 8.19. The van der Waals surface area contributed by atoms with Crippen molar-refractivity contribution >= 4 is 9.24 Å². The topological polar surface area (TPSA) is 0 Å². The van der Waals surface area contributed by atoms with Crippen LogP contribution in [-0.2, 0) is 0 Å². The molecular formula is C24H47P. The normalized spacial score (nSPS) is 11.6. The summed E-state index contributed by atoms with van der Waals surface area (Å²) in [6.07, 6.45) is 32.5. The first-order valence-electron chi connectivity index (χ1n) is 11.7. The largest absolute Gasteiger partial charge is 0.0834 e. The van der Waals surface area contributed by atoms with Crippen LogP contribution < -0.4 is 0 Å². The van der Waals surface area contributed by atoms with E-state index < -0.39 is 0 Å². The lowest BCUT2D eigenvalue weighted by Crippen LogP contribution is -1.84. The third-order valence-electron chi connectivity index (χ3n) is 5.33. The molecular weight excluding hydrogens is 319 g/mol. The zero-order chi connectivity index (χ0) is 18.3. The molecule has 0 nitrogen and oxygen atoms in total. The predicted octanol–water partition coefficient (Wildman–Crippen LogP) is 10.1. The van der Waals surface area contributed by atoms with Crippen molar-refractivity contribution in [2.75, 3.05) is 0 Å². The highest BCUT2D eigenvalue weighted by Gasteiger charge is 1.95. The predicted molar refractivity (Wildman–Crippen MR) is 119 cm³/mol. The first-order chi connectivity index (χ1) is 12.4. The van der Waals surface area contributed by atoms with E-state index in [4.69, 9.17) is 0 Å². The first kappa shape index (κ1) is 25.2. The molecule has 0 N–H and O–H groups in total. The van der Waals surface area contributed by atoms with Crippen LogP contribution in [0.15, 0.2) is 11.9 Å². The fraction of sp³-hybridized carbons (Fsp3) is 0.917. The van der Waals surface area contributed by atoms with E-state index in [0.29, 0.717) is 0 Å². The molecule has 0 spiro atoms. The monoisotopic (exact) mass is 366 g/mol. The highest BCUT2D eigenvalue weighted by atomic mass is 31.0. The van der Waals surface area contributed by atoms with E-state index in [2.05, 4.69) is 22.2 Å². The molecule has 0 saturated carbocycles. The van der Waals surface area contributed by atoms with Crippen molar-refractivity contribution in [3.63, 3.8) is 0 Å². The van der Waals surface area contributed by atoms with Gasteiger partial charge in [-0.05, 0) is 22.1 Å². The number of rotatable bonds is 21. The molecule has 0 aliphatic heterocycles. The van der Waals surface area contributed by atoms with Gasteiger partial charge in [-0.2, -0.15) is 0 Å². The Morgan fingerprint density at radius 2 is 0.720 bits per heavy atom. The van der Waals surface area contributed by atoms with Crippen LogP contribution in [0.5, 0.6) is 0 Å². The quantitative estimate of drug-likeness (QED) is 0.140. The van der Waals surface area contributed by atoms with Gasteiger partial charge in [0.25, 0.3) is 0 Å². The Morgan fingerprint density at radius 3 is 1.00 bits per heavy atom. The Balaban J connectivity index is 2.96. The van der Waals surface area contributed by atoms with Gasteiger partial charge in [-0.3, -0.25) is 0 Å². The molecule has 0 aromatic heterocycles. The maximum Gasteiger partial charge on any atom is -0.0146 e. The number of unbranched alkanes of at least 4 members (excludes halogenated alkanes) is 20. The molecule has 2 radical (unpaired) electrons. The summed E-state index contributed by atoms with van der Waals surface area (Å²) in [6, 6.07) is 0. The molecule has 0 atom stereocenters. The van der Waals surface area contributed by atoms with Gasteiger partial charge in [-0.25, -0.2) is 0 Å². The number of hydrogen-bond acceptors (Lipinski definition) is 0. The standard InChI is InChI=1S/C24H47P/c1-2-3-4-5-6-7-8-9-10-11-12-13-14-15-16-17-18-19-20-21-22-23-24-25/h23-24H,2-22H2,1H3. The average Bonchev–Trinajstić information content (AvgIpc) is 2.63. The van der Waals surface area contributed by atoms with Crippen LogP contribution in [0.2, 0.25) is 0 Å². The van der Waals surface area contributed by atoms with Crippen molar-refractivity contribution in [3.05, 3.63) is 11.9 Å². The van der Waals surface area contributed by atoms with Gasteiger partial charge in [0.15, 0.2) is 0 Å². The maximum absolute atomic E-state index is 4.08. The molecule has 0 unspecified atom stereocenters. The van der Waals surface area contributed by atoms with Gasteiger partial charge in [0.05, 0.1) is 0 Å². The Labute approximate surface area is 163 Å². The van der Waals surface area contributed by atoms with E-state index in [9.17, 15) is 0 Å². The molecule has 0 aliphatic rings. The Hall–Kier alpha value is 0.170. The highest BCUT2D eigenvalue weighted by Crippen LogP contribution is 2.15. The molecule has 0 heterocycles. The van der Waals surface area contributed by atoms with Gasteiger partial charge in [-0.15, -0.1) is 0 Å². The summed E-state index contributed by atoms with van der Waals surface area (Å²) in [5.41, 5.74) is 0. The Morgan fingerprint density at radius 1 is 0.440 bits per heavy atom. The summed E-state index contributed by atoms with van der Waals surface area (Å²) in [6.45, 7) is 2.30. The van der Waals surface area contributed by atoms with E-state index in [0.717, 1.165) is 0 Å². The fourth-order valence-corrected chi connectivity index (χ4v) is 3.74. The van der Waals surface area contributed by atoms with Crippen LogP contribution in [0, 0.1) is 0 Å². The summed E-state index contributed by atoms with van der Waals surface area (Å²) in [4.78, 5) is 0. The molecule has 25 heavy (non-hydrogen) atoms. The minimum atomic E-state index is 1.21. The van der Waals surface area contributed by atoms with Gasteiger partial charge in [0.2, 0.25) is 0 Å². The average molecular weight is 367 g/mol. The molecule has 0 fully saturated rings. The van der Waals surface area contributed by atoms with Crippen LogP contribution in [0.3, 0.4) is 0 Å². The molecule has 1 heteroatoms. The van der Waals surface area contributed by atoms with Gasteiger partial charge < -0.3 is 0 Å². The smallest absolute Gasteiger partial charge is 0.0146 e. The Kier molecular flexibility index (Phi) is 24.3. The van der Waals surface area contributed by atoms with Crippen LogP contribution in [0.1, 0.15) is 142 Å². The van der Waals surface area contributed by atoms with Crippen molar-refractivity contribution in [2.45, 2.75) is 142 Å². The molecule has 0 rings (SSSR count). The highest BCUT2D eigenvalue weighted by molar-refractivity contribution is 7.20. The van der Waals surface area contributed by atoms with Gasteiger partial charge >= 0.3 is 0 Å². The van der Waals surface area contributed by atoms with Crippen molar-refractivity contribution in [3.8, 4) is 0 Å². The third-order valence-corrected chi connectivity index (χ3v) is 5.54. The second kappa shape index (κ2) is 24.2. The molecule has 0 bridgehead atoms. The summed E-state index contributed by atoms with van der Waals surface area (Å²) in [5.74, 6) is 1.87. The van der Waals surface area contributed by atoms with E-state index in [1.165, 1.54) is 135 Å². The van der Waals surface area contributed by atoms with Crippen LogP contribution in [-0.4, -0.2) is 0 Å². The molecule has 0 saturated heterocycles. The minimum Gasteiger partial charge on any atom is -0.0834 e. The lowest BCUT2D eigenvalue weighted by Gasteiger charge is -2.04. The fourth-order valence-electron chi connectivity index (χ4n) is 3.59. The van der Waals surface area contributed by atoms with E-state index >= 15 is 0 Å². The van der Waals surface area contributed by atoms with Crippen molar-refractivity contribution in [1.82, 2.24) is 0 Å². The van der Waals surface area contributed by atoms with Crippen LogP contribution >= 0.6 is 9.24 Å². The minimum absolute atomic E-state index is 1.21. The lowest BCUT2D eigenvalue weighted by molar-refractivity contribution is 0.522. The molecule has 0 aliphatic carbocycles. The lowest BCUT2D eigenvalue weighted by atomic mass is 10.0. The van der Waals surface area contributed by atoms with E-state index in [-0.39, 0.29) is 0 Å². The zero-order valence-electron chi connectivity index (χ0n) is 17.5. The maximum atomic E-state index is 4.08. The number of allylic oxidation sites excluding steroid dienone is 1. The van der Waals surface area contributed by atoms with E-state index in [1.54, 1.807) is 0 Å². The third kappa shape index (κ3) is 24.2. The van der Waals surface area contributed by atoms with Crippen molar-refractivity contribution in [1.29, 1.82) is 0 Å². The summed E-state index contributed by atoms with van der Waals surface area (Å²) >= 11 is 0. The van der Waals surface area contributed by atoms with Gasteiger partial charge in [0, 0.05) is 0 Å². The van der Waals surface area contributed by atoms with Gasteiger partial charge in [0.1, 0.15) is 0 Å². The molecule has 0 aromatic carbocycles. The van der Waals surface area contributed by atoms with Crippen molar-refractivity contribution in [2.24, 2.45) is 0 Å². The first-order valence-corrected chi connectivity index (χ1v) is 12.2. The van der Waals surface area contributed by atoms with E-state index in [1.807, 2.05) is 5.82 Å². The summed E-state index contributed by atoms with van der Waals surface area (Å²) < 4.78 is 0. The Bertz CT molecular complexity index is 246. The zero-order valence-corrected chi connectivity index (χ0v) is 18.3. The second-order valence-electron chi connectivity index (χ2n) is 7.89. The summed E-state index contributed by atoms with van der Waals surface area (Å²) in [5, 5.41) is 0.